The van der Waals surface area contributed by atoms with Gasteiger partial charge in [-0.3, -0.25) is 4.68 Å². The molecule has 0 radical (unpaired) electrons. The van der Waals surface area contributed by atoms with Crippen molar-refractivity contribution >= 4 is 11.6 Å². The Morgan fingerprint density at radius 2 is 2.26 bits per heavy atom. The van der Waals surface area contributed by atoms with Crippen molar-refractivity contribution in [1.82, 2.24) is 14.8 Å². The highest BCUT2D eigenvalue weighted by Gasteiger charge is 2.09. The highest BCUT2D eigenvalue weighted by atomic mass is 35.5. The van der Waals surface area contributed by atoms with E-state index in [1.807, 2.05) is 26.1 Å². The summed E-state index contributed by atoms with van der Waals surface area (Å²) in [5.41, 5.74) is 6.84. The molecule has 6 heteroatoms. The van der Waals surface area contributed by atoms with Crippen LogP contribution in [0.25, 0.3) is 0 Å². The summed E-state index contributed by atoms with van der Waals surface area (Å²) in [5, 5.41) is 4.68. The van der Waals surface area contributed by atoms with Crippen LogP contribution in [0.2, 0.25) is 5.02 Å². The zero-order valence-electron chi connectivity index (χ0n) is 11.0. The molecule has 0 aliphatic carbocycles. The molecule has 1 atom stereocenters. The van der Waals surface area contributed by atoms with E-state index < -0.39 is 0 Å². The number of hydrogen-bond donors (Lipinski definition) is 1. The van der Waals surface area contributed by atoms with E-state index in [2.05, 4.69) is 10.1 Å². The van der Waals surface area contributed by atoms with E-state index in [1.165, 1.54) is 6.33 Å². The fourth-order valence-corrected chi connectivity index (χ4v) is 1.98. The number of aryl methyl sites for hydroxylation is 1. The van der Waals surface area contributed by atoms with Gasteiger partial charge in [0.25, 0.3) is 0 Å². The van der Waals surface area contributed by atoms with E-state index in [1.54, 1.807) is 10.7 Å². The summed E-state index contributed by atoms with van der Waals surface area (Å²) in [6.07, 6.45) is 2.22. The van der Waals surface area contributed by atoms with Crippen molar-refractivity contribution in [2.75, 3.05) is 0 Å². The zero-order chi connectivity index (χ0) is 13.8. The second-order valence-electron chi connectivity index (χ2n) is 4.52. The SMILES string of the molecule is CC(N)Cc1cc(Cl)ccc1OCc1ncnn1C. The lowest BCUT2D eigenvalue weighted by Crippen LogP contribution is -2.18. The minimum absolute atomic E-state index is 0.0515. The van der Waals surface area contributed by atoms with E-state index in [0.29, 0.717) is 18.1 Å². The molecule has 0 bridgehead atoms. The molecule has 5 nitrogen and oxygen atoms in total. The number of halogens is 1. The van der Waals surface area contributed by atoms with Gasteiger partial charge in [0.05, 0.1) is 0 Å². The summed E-state index contributed by atoms with van der Waals surface area (Å²) >= 11 is 6.00. The lowest BCUT2D eigenvalue weighted by Gasteiger charge is -2.13. The molecule has 1 unspecified atom stereocenters. The second kappa shape index (κ2) is 6.04. The number of aromatic nitrogens is 3. The Labute approximate surface area is 117 Å². The van der Waals surface area contributed by atoms with Crippen LogP contribution in [-0.4, -0.2) is 20.8 Å². The molecule has 19 heavy (non-hydrogen) atoms. The summed E-state index contributed by atoms with van der Waals surface area (Å²) in [4.78, 5) is 4.12. The van der Waals surface area contributed by atoms with E-state index in [9.17, 15) is 0 Å². The van der Waals surface area contributed by atoms with Crippen LogP contribution in [0.4, 0.5) is 0 Å². The van der Waals surface area contributed by atoms with Crippen molar-refractivity contribution in [2.45, 2.75) is 26.0 Å². The van der Waals surface area contributed by atoms with E-state index in [0.717, 1.165) is 17.1 Å². The number of hydrogen-bond acceptors (Lipinski definition) is 4. The molecule has 0 spiro atoms. The zero-order valence-corrected chi connectivity index (χ0v) is 11.8. The van der Waals surface area contributed by atoms with Gasteiger partial charge in [-0.2, -0.15) is 5.10 Å². The van der Waals surface area contributed by atoms with Gasteiger partial charge < -0.3 is 10.5 Å². The van der Waals surface area contributed by atoms with Gasteiger partial charge in [-0.05, 0) is 37.1 Å². The number of ether oxygens (including phenoxy) is 1. The van der Waals surface area contributed by atoms with E-state index in [-0.39, 0.29) is 6.04 Å². The Balaban J connectivity index is 2.13. The highest BCUT2D eigenvalue weighted by molar-refractivity contribution is 6.30. The van der Waals surface area contributed by atoms with Gasteiger partial charge in [-0.1, -0.05) is 11.6 Å². The third-order valence-electron chi connectivity index (χ3n) is 2.73. The largest absolute Gasteiger partial charge is 0.485 e. The molecule has 2 N–H and O–H groups in total. The van der Waals surface area contributed by atoms with Crippen LogP contribution < -0.4 is 10.5 Å². The molecule has 0 fully saturated rings. The van der Waals surface area contributed by atoms with Gasteiger partial charge in [0, 0.05) is 18.1 Å². The second-order valence-corrected chi connectivity index (χ2v) is 4.96. The van der Waals surface area contributed by atoms with Crippen molar-refractivity contribution in [3.63, 3.8) is 0 Å². The minimum Gasteiger partial charge on any atom is -0.485 e. The molecule has 0 aliphatic rings. The lowest BCUT2D eigenvalue weighted by atomic mass is 10.1. The summed E-state index contributed by atoms with van der Waals surface area (Å²) in [6.45, 7) is 2.32. The highest BCUT2D eigenvalue weighted by Crippen LogP contribution is 2.24. The summed E-state index contributed by atoms with van der Waals surface area (Å²) in [7, 11) is 1.83. The van der Waals surface area contributed by atoms with Crippen LogP contribution in [0.3, 0.4) is 0 Å². The van der Waals surface area contributed by atoms with Crippen molar-refractivity contribution in [3.8, 4) is 5.75 Å². The van der Waals surface area contributed by atoms with Crippen LogP contribution in [0.5, 0.6) is 5.75 Å². The monoisotopic (exact) mass is 280 g/mol. The minimum atomic E-state index is 0.0515. The van der Waals surface area contributed by atoms with Crippen LogP contribution in [0.15, 0.2) is 24.5 Å². The van der Waals surface area contributed by atoms with Gasteiger partial charge in [0.1, 0.15) is 18.7 Å². The summed E-state index contributed by atoms with van der Waals surface area (Å²) in [6, 6.07) is 5.60. The first-order chi connectivity index (χ1) is 9.06. The summed E-state index contributed by atoms with van der Waals surface area (Å²) in [5.74, 6) is 1.55. The predicted molar refractivity (Wildman–Crippen MR) is 74.1 cm³/mol. The van der Waals surface area contributed by atoms with E-state index in [4.69, 9.17) is 22.1 Å². The summed E-state index contributed by atoms with van der Waals surface area (Å²) < 4.78 is 7.46. The standard InChI is InChI=1S/C13H17ClN4O/c1-9(15)5-10-6-11(14)3-4-12(10)19-7-13-16-8-17-18(13)2/h3-4,6,8-9H,5,7,15H2,1-2H3. The fourth-order valence-electron chi connectivity index (χ4n) is 1.79. The first kappa shape index (κ1) is 13.8. The molecular weight excluding hydrogens is 264 g/mol. The first-order valence-electron chi connectivity index (χ1n) is 6.06. The maximum absolute atomic E-state index is 6.00. The molecule has 2 aromatic rings. The Hall–Kier alpha value is -1.59. The molecule has 1 heterocycles. The molecular formula is C13H17ClN4O. The molecule has 1 aromatic heterocycles. The van der Waals surface area contributed by atoms with Crippen molar-refractivity contribution in [1.29, 1.82) is 0 Å². The Morgan fingerprint density at radius 3 is 2.89 bits per heavy atom. The maximum Gasteiger partial charge on any atom is 0.164 e. The van der Waals surface area contributed by atoms with Gasteiger partial charge >= 0.3 is 0 Å². The van der Waals surface area contributed by atoms with Crippen LogP contribution >= 0.6 is 11.6 Å². The Bertz CT molecular complexity index is 553. The number of nitrogens with zero attached hydrogens (tertiary/aromatic N) is 3. The van der Waals surface area contributed by atoms with Gasteiger partial charge in [-0.25, -0.2) is 4.98 Å². The average Bonchev–Trinajstić information content (AvgIpc) is 2.73. The molecule has 2 rings (SSSR count). The Kier molecular flexibility index (Phi) is 4.39. The van der Waals surface area contributed by atoms with Crippen LogP contribution in [-0.2, 0) is 20.1 Å². The molecule has 102 valence electrons. The third-order valence-corrected chi connectivity index (χ3v) is 2.96. The molecule has 0 amide bonds. The topological polar surface area (TPSA) is 66.0 Å². The quantitative estimate of drug-likeness (QED) is 0.909. The lowest BCUT2D eigenvalue weighted by molar-refractivity contribution is 0.286. The number of rotatable bonds is 5. The fraction of sp³-hybridized carbons (Fsp3) is 0.385. The van der Waals surface area contributed by atoms with Crippen molar-refractivity contribution < 1.29 is 4.74 Å². The predicted octanol–water partition coefficient (Wildman–Crippen LogP) is 1.94. The molecule has 1 aromatic carbocycles. The van der Waals surface area contributed by atoms with Crippen LogP contribution in [0, 0.1) is 0 Å². The average molecular weight is 281 g/mol. The maximum atomic E-state index is 6.00. The molecule has 0 aliphatic heterocycles. The van der Waals surface area contributed by atoms with Gasteiger partial charge in [-0.15, -0.1) is 0 Å². The van der Waals surface area contributed by atoms with Crippen molar-refractivity contribution in [2.24, 2.45) is 12.8 Å². The normalized spacial score (nSPS) is 12.4. The van der Waals surface area contributed by atoms with Gasteiger partial charge in [0.15, 0.2) is 5.82 Å². The van der Waals surface area contributed by atoms with Gasteiger partial charge in [0.2, 0.25) is 0 Å². The molecule has 0 saturated heterocycles. The smallest absolute Gasteiger partial charge is 0.164 e. The first-order valence-corrected chi connectivity index (χ1v) is 6.43. The number of nitrogens with two attached hydrogens (primary N) is 1. The molecule has 0 saturated carbocycles. The van der Waals surface area contributed by atoms with Crippen LogP contribution in [0.1, 0.15) is 18.3 Å². The number of benzene rings is 1. The Morgan fingerprint density at radius 1 is 1.47 bits per heavy atom. The third kappa shape index (κ3) is 3.68. The van der Waals surface area contributed by atoms with Crippen molar-refractivity contribution in [3.05, 3.63) is 40.9 Å². The van der Waals surface area contributed by atoms with E-state index >= 15 is 0 Å².